The molecule has 0 atom stereocenters. The maximum atomic E-state index is 12.5. The van der Waals surface area contributed by atoms with E-state index in [1.54, 1.807) is 17.4 Å². The second kappa shape index (κ2) is 6.87. The number of amides is 2. The van der Waals surface area contributed by atoms with Gasteiger partial charge in [0.2, 0.25) is 0 Å². The molecule has 0 radical (unpaired) electrons. The van der Waals surface area contributed by atoms with Crippen molar-refractivity contribution < 1.29 is 22.8 Å². The largest absolute Gasteiger partial charge is 0.471 e. The van der Waals surface area contributed by atoms with Crippen LogP contribution in [0.4, 0.5) is 24.5 Å². The summed E-state index contributed by atoms with van der Waals surface area (Å²) in [4.78, 5) is 23.6. The second-order valence-corrected chi connectivity index (χ2v) is 5.51. The summed E-state index contributed by atoms with van der Waals surface area (Å²) >= 11 is 0. The Balaban J connectivity index is 1.81. The molecule has 0 aliphatic heterocycles. The fourth-order valence-corrected chi connectivity index (χ4v) is 2.50. The summed E-state index contributed by atoms with van der Waals surface area (Å²) in [6.45, 7) is 0. The van der Waals surface area contributed by atoms with E-state index in [1.807, 2.05) is 30.3 Å². The maximum absolute atomic E-state index is 12.5. The third-order valence-corrected chi connectivity index (χ3v) is 3.67. The van der Waals surface area contributed by atoms with Crippen LogP contribution >= 0.6 is 0 Å². The van der Waals surface area contributed by atoms with Crippen molar-refractivity contribution in [1.82, 2.24) is 0 Å². The van der Waals surface area contributed by atoms with Crippen molar-refractivity contribution in [2.24, 2.45) is 0 Å². The van der Waals surface area contributed by atoms with Gasteiger partial charge in [-0.05, 0) is 35.0 Å². The highest BCUT2D eigenvalue weighted by molar-refractivity contribution is 6.13. The van der Waals surface area contributed by atoms with Crippen LogP contribution in [0.5, 0.6) is 0 Å². The van der Waals surface area contributed by atoms with E-state index in [9.17, 15) is 22.8 Å². The summed E-state index contributed by atoms with van der Waals surface area (Å²) in [5.74, 6) is -2.48. The minimum Gasteiger partial charge on any atom is -0.322 e. The maximum Gasteiger partial charge on any atom is 0.471 e. The van der Waals surface area contributed by atoms with Gasteiger partial charge in [-0.25, -0.2) is 0 Å². The normalized spacial score (nSPS) is 11.2. The number of carbonyl (C=O) groups excluding carboxylic acids is 2. The summed E-state index contributed by atoms with van der Waals surface area (Å²) in [7, 11) is 0. The van der Waals surface area contributed by atoms with Crippen LogP contribution in [0.2, 0.25) is 0 Å². The van der Waals surface area contributed by atoms with Crippen LogP contribution in [0.15, 0.2) is 66.7 Å². The van der Waals surface area contributed by atoms with Crippen LogP contribution in [0, 0.1) is 0 Å². The molecule has 0 saturated carbocycles. The molecule has 0 aromatic heterocycles. The molecule has 4 nitrogen and oxygen atoms in total. The quantitative estimate of drug-likeness (QED) is 0.719. The summed E-state index contributed by atoms with van der Waals surface area (Å²) in [5, 5.41) is 6.03. The number of fused-ring (bicyclic) bond motifs is 1. The lowest BCUT2D eigenvalue weighted by atomic mass is 10.0. The highest BCUT2D eigenvalue weighted by atomic mass is 19.4. The molecule has 3 rings (SSSR count). The van der Waals surface area contributed by atoms with E-state index in [0.29, 0.717) is 5.56 Å². The topological polar surface area (TPSA) is 58.2 Å². The molecular weight excluding hydrogens is 345 g/mol. The third kappa shape index (κ3) is 3.83. The van der Waals surface area contributed by atoms with Gasteiger partial charge < -0.3 is 10.6 Å². The van der Waals surface area contributed by atoms with E-state index in [0.717, 1.165) is 10.8 Å². The zero-order valence-electron chi connectivity index (χ0n) is 13.3. The van der Waals surface area contributed by atoms with Gasteiger partial charge in [0, 0.05) is 16.9 Å². The van der Waals surface area contributed by atoms with Crippen LogP contribution in [0.25, 0.3) is 10.8 Å². The average molecular weight is 358 g/mol. The van der Waals surface area contributed by atoms with Crippen molar-refractivity contribution in [2.75, 3.05) is 10.6 Å². The zero-order chi connectivity index (χ0) is 18.7. The highest BCUT2D eigenvalue weighted by Crippen LogP contribution is 2.22. The van der Waals surface area contributed by atoms with Gasteiger partial charge in [-0.3, -0.25) is 9.59 Å². The summed E-state index contributed by atoms with van der Waals surface area (Å²) in [6.07, 6.45) is -4.98. The molecular formula is C19H13F3N2O2. The van der Waals surface area contributed by atoms with E-state index >= 15 is 0 Å². The molecule has 3 aromatic rings. The number of alkyl halides is 3. The van der Waals surface area contributed by atoms with Gasteiger partial charge >= 0.3 is 12.1 Å². The average Bonchev–Trinajstić information content (AvgIpc) is 2.60. The number of hydrogen-bond acceptors (Lipinski definition) is 2. The third-order valence-electron chi connectivity index (χ3n) is 3.67. The van der Waals surface area contributed by atoms with Crippen LogP contribution < -0.4 is 10.6 Å². The zero-order valence-corrected chi connectivity index (χ0v) is 13.3. The van der Waals surface area contributed by atoms with Gasteiger partial charge in [0.05, 0.1) is 0 Å². The van der Waals surface area contributed by atoms with Crippen LogP contribution in [-0.2, 0) is 4.79 Å². The molecule has 0 aliphatic carbocycles. The Hall–Kier alpha value is -3.35. The molecule has 2 N–H and O–H groups in total. The van der Waals surface area contributed by atoms with Crippen LogP contribution in [0.3, 0.4) is 0 Å². The number of carbonyl (C=O) groups is 2. The molecule has 3 aromatic carbocycles. The second-order valence-electron chi connectivity index (χ2n) is 5.51. The fourth-order valence-electron chi connectivity index (χ4n) is 2.50. The van der Waals surface area contributed by atoms with E-state index in [2.05, 4.69) is 5.32 Å². The summed E-state index contributed by atoms with van der Waals surface area (Å²) < 4.78 is 37.0. The van der Waals surface area contributed by atoms with Crippen molar-refractivity contribution in [3.8, 4) is 0 Å². The SMILES string of the molecule is O=C(Nc1cccc(NC(=O)C(F)(F)F)c1)c1cccc2ccccc12. The molecule has 0 spiro atoms. The highest BCUT2D eigenvalue weighted by Gasteiger charge is 2.38. The van der Waals surface area contributed by atoms with E-state index in [1.165, 1.54) is 24.3 Å². The van der Waals surface area contributed by atoms with Gasteiger partial charge in [0.15, 0.2) is 0 Å². The molecule has 0 saturated heterocycles. The number of nitrogens with one attached hydrogen (secondary N) is 2. The van der Waals surface area contributed by atoms with E-state index in [-0.39, 0.29) is 11.4 Å². The van der Waals surface area contributed by atoms with Crippen molar-refractivity contribution in [1.29, 1.82) is 0 Å². The van der Waals surface area contributed by atoms with Gasteiger partial charge in [0.25, 0.3) is 5.91 Å². The van der Waals surface area contributed by atoms with Crippen molar-refractivity contribution in [2.45, 2.75) is 6.18 Å². The number of benzene rings is 3. The Kier molecular flexibility index (Phi) is 4.62. The molecule has 0 fully saturated rings. The number of halogens is 3. The van der Waals surface area contributed by atoms with E-state index < -0.39 is 18.0 Å². The lowest BCUT2D eigenvalue weighted by molar-refractivity contribution is -0.167. The van der Waals surface area contributed by atoms with E-state index in [4.69, 9.17) is 0 Å². The van der Waals surface area contributed by atoms with Crippen molar-refractivity contribution in [3.63, 3.8) is 0 Å². The first-order valence-corrected chi connectivity index (χ1v) is 7.62. The summed E-state index contributed by atoms with van der Waals surface area (Å²) in [6, 6.07) is 18.2. The Morgan fingerprint density at radius 1 is 0.769 bits per heavy atom. The minimum absolute atomic E-state index is 0.0666. The Labute approximate surface area is 146 Å². The van der Waals surface area contributed by atoms with Crippen molar-refractivity contribution >= 4 is 34.0 Å². The molecule has 2 amide bonds. The molecule has 7 heteroatoms. The molecule has 132 valence electrons. The lowest BCUT2D eigenvalue weighted by Gasteiger charge is -2.11. The first kappa shape index (κ1) is 17.5. The first-order chi connectivity index (χ1) is 12.3. The Morgan fingerprint density at radius 2 is 1.38 bits per heavy atom. The number of anilines is 2. The van der Waals surface area contributed by atoms with Crippen LogP contribution in [0.1, 0.15) is 10.4 Å². The molecule has 0 bridgehead atoms. The molecule has 0 heterocycles. The van der Waals surface area contributed by atoms with Crippen molar-refractivity contribution in [3.05, 3.63) is 72.3 Å². The first-order valence-electron chi connectivity index (χ1n) is 7.62. The smallest absolute Gasteiger partial charge is 0.322 e. The standard InChI is InChI=1S/C19H13F3N2O2/c20-19(21,22)18(26)24-14-8-4-7-13(11-14)23-17(25)16-10-3-6-12-5-1-2-9-15(12)16/h1-11H,(H,23,25)(H,24,26). The Bertz CT molecular complexity index is 978. The number of hydrogen-bond donors (Lipinski definition) is 2. The molecule has 26 heavy (non-hydrogen) atoms. The lowest BCUT2D eigenvalue weighted by Crippen LogP contribution is -2.29. The minimum atomic E-state index is -4.98. The monoisotopic (exact) mass is 358 g/mol. The molecule has 0 aliphatic rings. The van der Waals surface area contributed by atoms with Gasteiger partial charge in [-0.1, -0.05) is 42.5 Å². The fraction of sp³-hybridized carbons (Fsp3) is 0.0526. The van der Waals surface area contributed by atoms with Gasteiger partial charge in [0.1, 0.15) is 0 Å². The van der Waals surface area contributed by atoms with Gasteiger partial charge in [-0.15, -0.1) is 0 Å². The van der Waals surface area contributed by atoms with Crippen LogP contribution in [-0.4, -0.2) is 18.0 Å². The predicted octanol–water partition coefficient (Wildman–Crippen LogP) is 4.59. The Morgan fingerprint density at radius 3 is 2.12 bits per heavy atom. The predicted molar refractivity (Wildman–Crippen MR) is 93.0 cm³/mol. The number of rotatable bonds is 3. The molecule has 0 unspecified atom stereocenters. The van der Waals surface area contributed by atoms with Gasteiger partial charge in [-0.2, -0.15) is 13.2 Å². The summed E-state index contributed by atoms with van der Waals surface area (Å²) in [5.41, 5.74) is 0.638.